The summed E-state index contributed by atoms with van der Waals surface area (Å²) < 4.78 is 0. The van der Waals surface area contributed by atoms with Gasteiger partial charge in [-0.05, 0) is 24.0 Å². The van der Waals surface area contributed by atoms with Gasteiger partial charge < -0.3 is 0 Å². The summed E-state index contributed by atoms with van der Waals surface area (Å²) in [6, 6.07) is 16.7. The monoisotopic (exact) mass is 246 g/mol. The van der Waals surface area contributed by atoms with Gasteiger partial charge in [0, 0.05) is 11.1 Å². The van der Waals surface area contributed by atoms with Gasteiger partial charge in [0.15, 0.2) is 0 Å². The van der Waals surface area contributed by atoms with Crippen molar-refractivity contribution in [3.05, 3.63) is 66.1 Å². The quantitative estimate of drug-likeness (QED) is 0.661. The number of hydrogen-bond donors (Lipinski definition) is 1. The Bertz CT molecular complexity index is 681. The minimum absolute atomic E-state index is 0.922. The van der Waals surface area contributed by atoms with E-state index in [2.05, 4.69) is 64.3 Å². The van der Waals surface area contributed by atoms with Gasteiger partial charge in [-0.25, -0.2) is 0 Å². The largest absolute Gasteiger partial charge is 0.257 e. The zero-order valence-corrected chi connectivity index (χ0v) is 10.3. The Morgan fingerprint density at radius 1 is 0.895 bits per heavy atom. The molecule has 1 aliphatic rings. The van der Waals surface area contributed by atoms with E-state index in [4.69, 9.17) is 0 Å². The van der Waals surface area contributed by atoms with E-state index in [1.54, 1.807) is 0 Å². The van der Waals surface area contributed by atoms with Crippen molar-refractivity contribution >= 4 is 0 Å². The normalized spacial score (nSPS) is 12.8. The van der Waals surface area contributed by atoms with Crippen molar-refractivity contribution in [2.24, 2.45) is 0 Å². The van der Waals surface area contributed by atoms with Crippen molar-refractivity contribution in [2.75, 3.05) is 0 Å². The fraction of sp³-hybridized carbons (Fsp3) is 0.0625. The Labute approximate surface area is 111 Å². The van der Waals surface area contributed by atoms with Crippen LogP contribution in [0.5, 0.6) is 0 Å². The van der Waals surface area contributed by atoms with Crippen LogP contribution in [0.4, 0.5) is 0 Å². The predicted octanol–water partition coefficient (Wildman–Crippen LogP) is 3.25. The van der Waals surface area contributed by atoms with Gasteiger partial charge in [-0.1, -0.05) is 53.7 Å². The first-order valence-electron chi connectivity index (χ1n) is 6.35. The van der Waals surface area contributed by atoms with Crippen LogP contribution in [-0.4, -0.2) is 15.4 Å². The third-order valence-corrected chi connectivity index (χ3v) is 3.59. The molecule has 0 aliphatic heterocycles. The standard InChI is InChI=1S/C16H12N3/c1-3-7-13-11(5-1)9-10-12-6-2-4-8-14(12)16-15(13)17-19-18-16/h1-9H,10H2,(H,17,18,19). The molecule has 0 fully saturated rings. The third-order valence-electron chi connectivity index (χ3n) is 3.59. The van der Waals surface area contributed by atoms with Crippen LogP contribution in [0.1, 0.15) is 11.1 Å². The summed E-state index contributed by atoms with van der Waals surface area (Å²) in [6.07, 6.45) is 3.18. The fourth-order valence-corrected chi connectivity index (χ4v) is 2.66. The van der Waals surface area contributed by atoms with Gasteiger partial charge in [-0.3, -0.25) is 5.10 Å². The first kappa shape index (κ1) is 10.5. The number of fused-ring (bicyclic) bond motifs is 5. The number of hydrogen-bond acceptors (Lipinski definition) is 2. The molecule has 0 atom stereocenters. The van der Waals surface area contributed by atoms with Crippen LogP contribution < -0.4 is 0 Å². The van der Waals surface area contributed by atoms with Crippen molar-refractivity contribution in [1.82, 2.24) is 15.4 Å². The molecule has 4 rings (SSSR count). The van der Waals surface area contributed by atoms with E-state index in [1.807, 2.05) is 6.07 Å². The highest BCUT2D eigenvalue weighted by Crippen LogP contribution is 2.36. The number of H-pyrrole nitrogens is 1. The second-order valence-corrected chi connectivity index (χ2v) is 4.69. The molecule has 0 unspecified atom stereocenters. The molecule has 91 valence electrons. The Morgan fingerprint density at radius 2 is 1.68 bits per heavy atom. The summed E-state index contributed by atoms with van der Waals surface area (Å²) in [5, 5.41) is 11.3. The second-order valence-electron chi connectivity index (χ2n) is 4.69. The zero-order valence-electron chi connectivity index (χ0n) is 10.3. The summed E-state index contributed by atoms with van der Waals surface area (Å²) in [5.41, 5.74) is 6.78. The molecule has 0 bridgehead atoms. The SMILES string of the molecule is [CH]1Cc2ccccc2-c2[nH]nnc2-c2ccccc21. The van der Waals surface area contributed by atoms with Crippen LogP contribution in [-0.2, 0) is 6.42 Å². The van der Waals surface area contributed by atoms with Crippen LogP contribution in [0, 0.1) is 6.42 Å². The summed E-state index contributed by atoms with van der Waals surface area (Å²) in [5.74, 6) is 0. The molecule has 1 N–H and O–H groups in total. The summed E-state index contributed by atoms with van der Waals surface area (Å²) in [4.78, 5) is 0. The Morgan fingerprint density at radius 3 is 2.63 bits per heavy atom. The van der Waals surface area contributed by atoms with E-state index in [0.717, 1.165) is 23.4 Å². The van der Waals surface area contributed by atoms with Gasteiger partial charge in [-0.15, -0.1) is 5.10 Å². The summed E-state index contributed by atoms with van der Waals surface area (Å²) in [7, 11) is 0. The molecule has 3 heteroatoms. The van der Waals surface area contributed by atoms with E-state index < -0.39 is 0 Å². The van der Waals surface area contributed by atoms with E-state index in [1.165, 1.54) is 16.7 Å². The Balaban J connectivity index is 2.05. The maximum atomic E-state index is 4.27. The van der Waals surface area contributed by atoms with E-state index in [0.29, 0.717) is 0 Å². The van der Waals surface area contributed by atoms with Crippen LogP contribution >= 0.6 is 0 Å². The topological polar surface area (TPSA) is 41.6 Å². The minimum Gasteiger partial charge on any atom is -0.257 e. The highest BCUT2D eigenvalue weighted by atomic mass is 15.3. The van der Waals surface area contributed by atoms with Gasteiger partial charge in [0.2, 0.25) is 0 Å². The minimum atomic E-state index is 0.922. The summed E-state index contributed by atoms with van der Waals surface area (Å²) in [6.45, 7) is 0. The number of nitrogens with zero attached hydrogens (tertiary/aromatic N) is 2. The van der Waals surface area contributed by atoms with E-state index in [9.17, 15) is 0 Å². The molecule has 1 aromatic heterocycles. The lowest BCUT2D eigenvalue weighted by molar-refractivity contribution is 0.944. The zero-order chi connectivity index (χ0) is 12.7. The van der Waals surface area contributed by atoms with Crippen molar-refractivity contribution < 1.29 is 0 Å². The van der Waals surface area contributed by atoms with Gasteiger partial charge >= 0.3 is 0 Å². The average Bonchev–Trinajstić information content (AvgIpc) is 2.92. The summed E-state index contributed by atoms with van der Waals surface area (Å²) >= 11 is 0. The highest BCUT2D eigenvalue weighted by Gasteiger charge is 2.19. The van der Waals surface area contributed by atoms with Crippen LogP contribution in [0.3, 0.4) is 0 Å². The van der Waals surface area contributed by atoms with Crippen molar-refractivity contribution in [3.8, 4) is 22.5 Å². The lowest BCUT2D eigenvalue weighted by atomic mass is 9.89. The molecule has 1 heterocycles. The molecular weight excluding hydrogens is 234 g/mol. The van der Waals surface area contributed by atoms with Gasteiger partial charge in [-0.2, -0.15) is 0 Å². The average molecular weight is 246 g/mol. The molecular formula is C16H12N3. The number of benzene rings is 2. The molecule has 19 heavy (non-hydrogen) atoms. The third kappa shape index (κ3) is 1.58. The van der Waals surface area contributed by atoms with Crippen molar-refractivity contribution in [3.63, 3.8) is 0 Å². The van der Waals surface area contributed by atoms with Crippen molar-refractivity contribution in [2.45, 2.75) is 6.42 Å². The number of nitrogens with one attached hydrogen (secondary N) is 1. The molecule has 3 aromatic rings. The number of aromatic nitrogens is 3. The maximum absolute atomic E-state index is 4.27. The van der Waals surface area contributed by atoms with Crippen LogP contribution in [0.15, 0.2) is 48.5 Å². The van der Waals surface area contributed by atoms with Crippen LogP contribution in [0.2, 0.25) is 0 Å². The van der Waals surface area contributed by atoms with E-state index >= 15 is 0 Å². The Kier molecular flexibility index (Phi) is 2.24. The first-order valence-corrected chi connectivity index (χ1v) is 6.35. The predicted molar refractivity (Wildman–Crippen MR) is 74.4 cm³/mol. The van der Waals surface area contributed by atoms with Crippen molar-refractivity contribution in [1.29, 1.82) is 0 Å². The van der Waals surface area contributed by atoms with Gasteiger partial charge in [0.05, 0.1) is 5.69 Å². The lowest BCUT2D eigenvalue weighted by Crippen LogP contribution is -1.99. The highest BCUT2D eigenvalue weighted by molar-refractivity contribution is 5.82. The molecule has 0 spiro atoms. The molecule has 0 saturated carbocycles. The molecule has 0 amide bonds. The smallest absolute Gasteiger partial charge is 0.121 e. The second kappa shape index (κ2) is 4.05. The van der Waals surface area contributed by atoms with Crippen LogP contribution in [0.25, 0.3) is 22.5 Å². The molecule has 1 radical (unpaired) electrons. The number of aromatic amines is 1. The number of rotatable bonds is 0. The molecule has 2 aromatic carbocycles. The maximum Gasteiger partial charge on any atom is 0.121 e. The molecule has 1 aliphatic carbocycles. The van der Waals surface area contributed by atoms with E-state index in [-0.39, 0.29) is 0 Å². The van der Waals surface area contributed by atoms with Gasteiger partial charge in [0.1, 0.15) is 5.69 Å². The Hall–Kier alpha value is -2.42. The fourth-order valence-electron chi connectivity index (χ4n) is 2.66. The lowest BCUT2D eigenvalue weighted by Gasteiger charge is -2.15. The first-order chi connectivity index (χ1) is 9.43. The van der Waals surface area contributed by atoms with Gasteiger partial charge in [0.25, 0.3) is 0 Å². The molecule has 0 saturated heterocycles. The molecule has 3 nitrogen and oxygen atoms in total.